The molecule has 0 radical (unpaired) electrons. The number of aromatic nitrogens is 4. The number of carbonyl (C=O) groups excluding carboxylic acids is 1. The number of anilines is 1. The van der Waals surface area contributed by atoms with Crippen LogP contribution in [-0.4, -0.2) is 44.8 Å². The monoisotopic (exact) mass is 300 g/mol. The van der Waals surface area contributed by atoms with Gasteiger partial charge in [-0.25, -0.2) is 14.6 Å². The molecule has 0 aromatic carbocycles. The highest BCUT2D eigenvalue weighted by atomic mass is 16.2. The maximum Gasteiger partial charge on any atom is 0.226 e. The highest BCUT2D eigenvalue weighted by Gasteiger charge is 2.34. The highest BCUT2D eigenvalue weighted by Crippen LogP contribution is 2.23. The summed E-state index contributed by atoms with van der Waals surface area (Å²) in [6.07, 6.45) is 6.02. The van der Waals surface area contributed by atoms with E-state index >= 15 is 0 Å². The van der Waals surface area contributed by atoms with Crippen LogP contribution in [0.15, 0.2) is 30.9 Å². The van der Waals surface area contributed by atoms with Gasteiger partial charge in [0.15, 0.2) is 5.82 Å². The van der Waals surface area contributed by atoms with E-state index in [2.05, 4.69) is 32.2 Å². The summed E-state index contributed by atoms with van der Waals surface area (Å²) in [7, 11) is 0. The molecule has 3 heterocycles. The fourth-order valence-corrected chi connectivity index (χ4v) is 2.33. The van der Waals surface area contributed by atoms with Crippen LogP contribution < -0.4 is 10.2 Å². The average molecular weight is 300 g/mol. The van der Waals surface area contributed by atoms with Crippen molar-refractivity contribution in [2.24, 2.45) is 5.92 Å². The van der Waals surface area contributed by atoms with E-state index in [1.807, 2.05) is 25.3 Å². The summed E-state index contributed by atoms with van der Waals surface area (Å²) in [6, 6.07) is 3.96. The first kappa shape index (κ1) is 14.5. The number of amides is 1. The Hall–Kier alpha value is -2.44. The Morgan fingerprint density at radius 3 is 2.86 bits per heavy atom. The van der Waals surface area contributed by atoms with Gasteiger partial charge in [-0.1, -0.05) is 6.92 Å². The second-order valence-corrected chi connectivity index (χ2v) is 5.60. The van der Waals surface area contributed by atoms with Gasteiger partial charge in [-0.3, -0.25) is 4.79 Å². The van der Waals surface area contributed by atoms with Crippen molar-refractivity contribution >= 4 is 11.7 Å². The second kappa shape index (κ2) is 6.13. The van der Waals surface area contributed by atoms with Crippen LogP contribution in [0.3, 0.4) is 0 Å². The molecule has 7 nitrogen and oxygen atoms in total. The van der Waals surface area contributed by atoms with Crippen molar-refractivity contribution in [3.63, 3.8) is 0 Å². The number of hydrogen-bond acceptors (Lipinski definition) is 5. The maximum absolute atomic E-state index is 12.0. The maximum atomic E-state index is 12.0. The molecule has 1 aliphatic heterocycles. The van der Waals surface area contributed by atoms with Crippen LogP contribution in [-0.2, 0) is 4.79 Å². The number of nitrogens with one attached hydrogen (secondary N) is 1. The van der Waals surface area contributed by atoms with Gasteiger partial charge in [-0.2, -0.15) is 5.10 Å². The predicted octanol–water partition coefficient (Wildman–Crippen LogP) is 1.01. The summed E-state index contributed by atoms with van der Waals surface area (Å²) >= 11 is 0. The third-order valence-corrected chi connectivity index (χ3v) is 3.95. The molecule has 1 fully saturated rings. The minimum absolute atomic E-state index is 0.0390. The van der Waals surface area contributed by atoms with Gasteiger partial charge in [0, 0.05) is 37.6 Å². The van der Waals surface area contributed by atoms with Crippen LogP contribution in [0.1, 0.15) is 20.3 Å². The minimum atomic E-state index is 0.0390. The molecule has 1 unspecified atom stereocenters. The summed E-state index contributed by atoms with van der Waals surface area (Å²) in [5.41, 5.74) is 0. The largest absolute Gasteiger partial charge is 0.355 e. The summed E-state index contributed by atoms with van der Waals surface area (Å²) in [5, 5.41) is 7.18. The summed E-state index contributed by atoms with van der Waals surface area (Å²) in [5.74, 6) is 1.72. The Morgan fingerprint density at radius 1 is 1.41 bits per heavy atom. The van der Waals surface area contributed by atoms with Gasteiger partial charge in [0.2, 0.25) is 5.91 Å². The van der Waals surface area contributed by atoms with E-state index in [-0.39, 0.29) is 17.9 Å². The molecule has 1 atom stereocenters. The molecule has 2 aromatic rings. The molecular weight excluding hydrogens is 280 g/mol. The molecular formula is C15H20N6O. The molecule has 22 heavy (non-hydrogen) atoms. The van der Waals surface area contributed by atoms with Gasteiger partial charge in [-0.15, -0.1) is 0 Å². The molecule has 1 N–H and O–H groups in total. The lowest BCUT2D eigenvalue weighted by molar-refractivity contribution is -0.126. The van der Waals surface area contributed by atoms with E-state index in [9.17, 15) is 4.79 Å². The zero-order valence-electron chi connectivity index (χ0n) is 12.8. The highest BCUT2D eigenvalue weighted by molar-refractivity contribution is 5.82. The van der Waals surface area contributed by atoms with Crippen molar-refractivity contribution in [3.8, 4) is 5.82 Å². The molecule has 0 spiro atoms. The van der Waals surface area contributed by atoms with E-state index in [0.717, 1.165) is 18.1 Å². The third-order valence-electron chi connectivity index (χ3n) is 3.95. The average Bonchev–Trinajstić information content (AvgIpc) is 3.00. The number of rotatable bonds is 5. The fourth-order valence-electron chi connectivity index (χ4n) is 2.33. The lowest BCUT2D eigenvalue weighted by Gasteiger charge is -2.39. The number of carbonyl (C=O) groups is 1. The van der Waals surface area contributed by atoms with E-state index in [1.165, 1.54) is 6.33 Å². The first-order valence-corrected chi connectivity index (χ1v) is 7.54. The Labute approximate surface area is 129 Å². The molecule has 116 valence electrons. The van der Waals surface area contributed by atoms with Crippen LogP contribution in [0, 0.1) is 5.92 Å². The van der Waals surface area contributed by atoms with Gasteiger partial charge in [0.1, 0.15) is 12.1 Å². The fraction of sp³-hybridized carbons (Fsp3) is 0.467. The molecule has 0 bridgehead atoms. The summed E-state index contributed by atoms with van der Waals surface area (Å²) in [4.78, 5) is 22.6. The Morgan fingerprint density at radius 2 is 2.18 bits per heavy atom. The van der Waals surface area contributed by atoms with Gasteiger partial charge < -0.3 is 10.2 Å². The lowest BCUT2D eigenvalue weighted by Crippen LogP contribution is -2.55. The first-order valence-electron chi connectivity index (χ1n) is 7.54. The predicted molar refractivity (Wildman–Crippen MR) is 82.8 cm³/mol. The molecule has 7 heteroatoms. The number of hydrogen-bond donors (Lipinski definition) is 1. The van der Waals surface area contributed by atoms with Crippen molar-refractivity contribution in [1.82, 2.24) is 25.1 Å². The van der Waals surface area contributed by atoms with Gasteiger partial charge >= 0.3 is 0 Å². The van der Waals surface area contributed by atoms with Gasteiger partial charge in [0.25, 0.3) is 0 Å². The summed E-state index contributed by atoms with van der Waals surface area (Å²) < 4.78 is 1.69. The van der Waals surface area contributed by atoms with Crippen molar-refractivity contribution in [2.45, 2.75) is 26.3 Å². The second-order valence-electron chi connectivity index (χ2n) is 5.60. The van der Waals surface area contributed by atoms with E-state index in [4.69, 9.17) is 0 Å². The first-order chi connectivity index (χ1) is 10.7. The molecule has 1 amide bonds. The van der Waals surface area contributed by atoms with E-state index < -0.39 is 0 Å². The normalized spacial score (nSPS) is 16.2. The molecule has 0 aliphatic carbocycles. The zero-order valence-corrected chi connectivity index (χ0v) is 12.8. The quantitative estimate of drug-likeness (QED) is 0.892. The third kappa shape index (κ3) is 2.93. The SMILES string of the molecule is CCC(C)NC(=O)C1CN(c2cc(-n3cccn3)ncn2)C1. The topological polar surface area (TPSA) is 75.9 Å². The lowest BCUT2D eigenvalue weighted by atomic mass is 9.98. The Bertz CT molecular complexity index is 635. The van der Waals surface area contributed by atoms with Crippen LogP contribution in [0.25, 0.3) is 5.82 Å². The molecule has 2 aromatic heterocycles. The standard InChI is InChI=1S/C15H20N6O/c1-3-11(2)19-15(22)12-8-20(9-12)13-7-14(17-10-16-13)21-6-4-5-18-21/h4-7,10-12H,3,8-9H2,1-2H3,(H,19,22). The molecule has 1 saturated heterocycles. The Balaban J connectivity index is 1.61. The molecule has 0 saturated carbocycles. The van der Waals surface area contributed by atoms with Crippen molar-refractivity contribution < 1.29 is 4.79 Å². The van der Waals surface area contributed by atoms with Gasteiger partial charge in [0.05, 0.1) is 5.92 Å². The zero-order chi connectivity index (χ0) is 15.5. The van der Waals surface area contributed by atoms with Crippen molar-refractivity contribution in [1.29, 1.82) is 0 Å². The van der Waals surface area contributed by atoms with Crippen molar-refractivity contribution in [3.05, 3.63) is 30.9 Å². The van der Waals surface area contributed by atoms with Gasteiger partial charge in [-0.05, 0) is 19.4 Å². The van der Waals surface area contributed by atoms with E-state index in [1.54, 1.807) is 10.9 Å². The van der Waals surface area contributed by atoms with Crippen LogP contribution in [0.4, 0.5) is 5.82 Å². The molecule has 3 rings (SSSR count). The van der Waals surface area contributed by atoms with Crippen molar-refractivity contribution in [2.75, 3.05) is 18.0 Å². The number of nitrogens with zero attached hydrogens (tertiary/aromatic N) is 5. The Kier molecular flexibility index (Phi) is 4.04. The smallest absolute Gasteiger partial charge is 0.226 e. The minimum Gasteiger partial charge on any atom is -0.355 e. The van der Waals surface area contributed by atoms with E-state index in [0.29, 0.717) is 13.1 Å². The van der Waals surface area contributed by atoms with Crippen LogP contribution >= 0.6 is 0 Å². The van der Waals surface area contributed by atoms with Crippen LogP contribution in [0.2, 0.25) is 0 Å². The van der Waals surface area contributed by atoms with Crippen LogP contribution in [0.5, 0.6) is 0 Å². The summed E-state index contributed by atoms with van der Waals surface area (Å²) in [6.45, 7) is 5.47. The molecule has 1 aliphatic rings.